The fraction of sp³-hybridized carbons (Fsp3) is 0.538. The van der Waals surface area contributed by atoms with Crippen LogP contribution in [0.4, 0.5) is 10.1 Å². The Hall–Kier alpha value is -1.09. The van der Waals surface area contributed by atoms with Crippen LogP contribution in [0, 0.1) is 5.82 Å². The molecule has 0 spiro atoms. The molecule has 1 unspecified atom stereocenters. The summed E-state index contributed by atoms with van der Waals surface area (Å²) in [7, 11) is 0. The van der Waals surface area contributed by atoms with E-state index >= 15 is 0 Å². The van der Waals surface area contributed by atoms with E-state index in [0.29, 0.717) is 11.7 Å². The van der Waals surface area contributed by atoms with Gasteiger partial charge in [0.2, 0.25) is 0 Å². The Balaban J connectivity index is 1.84. The van der Waals surface area contributed by atoms with E-state index in [9.17, 15) is 4.39 Å². The molecule has 0 radical (unpaired) electrons. The molecule has 2 N–H and O–H groups in total. The van der Waals surface area contributed by atoms with E-state index in [1.165, 1.54) is 31.7 Å². The van der Waals surface area contributed by atoms with Gasteiger partial charge in [0.1, 0.15) is 5.82 Å². The fourth-order valence-electron chi connectivity index (χ4n) is 2.11. The van der Waals surface area contributed by atoms with Gasteiger partial charge >= 0.3 is 0 Å². The van der Waals surface area contributed by atoms with Gasteiger partial charge in [-0.2, -0.15) is 0 Å². The maximum Gasteiger partial charge on any atom is 0.146 e. The third kappa shape index (κ3) is 3.20. The van der Waals surface area contributed by atoms with Gasteiger partial charge in [0.25, 0.3) is 0 Å². The number of benzene rings is 1. The summed E-state index contributed by atoms with van der Waals surface area (Å²) in [5, 5.41) is 6.66. The zero-order valence-corrected chi connectivity index (χ0v) is 9.51. The quantitative estimate of drug-likeness (QED) is 0.821. The third-order valence-corrected chi connectivity index (χ3v) is 3.08. The summed E-state index contributed by atoms with van der Waals surface area (Å²) in [6.45, 7) is 1.89. The number of hydrogen-bond acceptors (Lipinski definition) is 2. The summed E-state index contributed by atoms with van der Waals surface area (Å²) < 4.78 is 13.3. The Morgan fingerprint density at radius 3 is 3.00 bits per heavy atom. The molecule has 1 atom stereocenters. The van der Waals surface area contributed by atoms with E-state index in [4.69, 9.17) is 0 Å². The summed E-state index contributed by atoms with van der Waals surface area (Å²) in [4.78, 5) is 0. The van der Waals surface area contributed by atoms with Crippen LogP contribution < -0.4 is 10.6 Å². The Morgan fingerprint density at radius 2 is 2.12 bits per heavy atom. The molecule has 0 aromatic heterocycles. The molecule has 3 heteroatoms. The van der Waals surface area contributed by atoms with Crippen LogP contribution in [-0.4, -0.2) is 19.1 Å². The number of rotatable bonds is 3. The van der Waals surface area contributed by atoms with Gasteiger partial charge in [-0.05, 0) is 31.5 Å². The second-order valence-electron chi connectivity index (χ2n) is 4.36. The molecule has 0 saturated carbocycles. The van der Waals surface area contributed by atoms with Gasteiger partial charge in [0.05, 0.1) is 5.69 Å². The highest BCUT2D eigenvalue weighted by Crippen LogP contribution is 2.14. The number of hydrogen-bond donors (Lipinski definition) is 2. The van der Waals surface area contributed by atoms with Gasteiger partial charge < -0.3 is 10.6 Å². The second kappa shape index (κ2) is 5.85. The van der Waals surface area contributed by atoms with Crippen molar-refractivity contribution in [3.63, 3.8) is 0 Å². The first-order chi connectivity index (χ1) is 7.86. The van der Waals surface area contributed by atoms with E-state index < -0.39 is 0 Å². The third-order valence-electron chi connectivity index (χ3n) is 3.08. The smallest absolute Gasteiger partial charge is 0.146 e. The molecule has 2 nitrogen and oxygen atoms in total. The second-order valence-corrected chi connectivity index (χ2v) is 4.36. The molecule has 1 heterocycles. The summed E-state index contributed by atoms with van der Waals surface area (Å²) in [6, 6.07) is 7.31. The van der Waals surface area contributed by atoms with E-state index in [1.807, 2.05) is 6.07 Å². The molecule has 1 saturated heterocycles. The number of nitrogens with one attached hydrogen (secondary N) is 2. The Morgan fingerprint density at radius 1 is 1.25 bits per heavy atom. The number of para-hydroxylation sites is 1. The largest absolute Gasteiger partial charge is 0.381 e. The topological polar surface area (TPSA) is 24.1 Å². The summed E-state index contributed by atoms with van der Waals surface area (Å²) in [5.74, 6) is -0.170. The lowest BCUT2D eigenvalue weighted by Gasteiger charge is -2.17. The molecule has 1 aromatic carbocycles. The van der Waals surface area contributed by atoms with Crippen LogP contribution in [0.2, 0.25) is 0 Å². The molecule has 16 heavy (non-hydrogen) atoms. The van der Waals surface area contributed by atoms with Crippen molar-refractivity contribution in [2.24, 2.45) is 0 Å². The predicted octanol–water partition coefficient (Wildman–Crippen LogP) is 2.77. The Kier molecular flexibility index (Phi) is 4.17. The molecular weight excluding hydrogens is 203 g/mol. The first-order valence-electron chi connectivity index (χ1n) is 6.08. The van der Waals surface area contributed by atoms with E-state index in [-0.39, 0.29) is 5.82 Å². The van der Waals surface area contributed by atoms with Crippen molar-refractivity contribution in [2.45, 2.75) is 31.7 Å². The van der Waals surface area contributed by atoms with Gasteiger partial charge in [0, 0.05) is 12.6 Å². The van der Waals surface area contributed by atoms with E-state index in [2.05, 4.69) is 10.6 Å². The lowest BCUT2D eigenvalue weighted by Crippen LogP contribution is -2.34. The van der Waals surface area contributed by atoms with E-state index in [1.54, 1.807) is 12.1 Å². The minimum absolute atomic E-state index is 0.170. The molecule has 1 aliphatic heterocycles. The molecule has 88 valence electrons. The zero-order valence-electron chi connectivity index (χ0n) is 9.51. The standard InChI is InChI=1S/C13H19FN2/c14-12-7-3-4-8-13(12)16-10-11-6-2-1-5-9-15-11/h3-4,7-8,11,15-16H,1-2,5-6,9-10H2. The van der Waals surface area contributed by atoms with Crippen LogP contribution in [0.25, 0.3) is 0 Å². The molecule has 1 fully saturated rings. The average Bonchev–Trinajstić information content (AvgIpc) is 2.56. The Labute approximate surface area is 96.2 Å². The van der Waals surface area contributed by atoms with Gasteiger partial charge in [-0.25, -0.2) is 4.39 Å². The van der Waals surface area contributed by atoms with Crippen molar-refractivity contribution < 1.29 is 4.39 Å². The van der Waals surface area contributed by atoms with Crippen LogP contribution in [0.3, 0.4) is 0 Å². The van der Waals surface area contributed by atoms with E-state index in [0.717, 1.165) is 13.1 Å². The molecule has 0 aliphatic carbocycles. The number of halogens is 1. The minimum Gasteiger partial charge on any atom is -0.381 e. The SMILES string of the molecule is Fc1ccccc1NCC1CCCCCN1. The van der Waals surface area contributed by atoms with Gasteiger partial charge in [-0.15, -0.1) is 0 Å². The van der Waals surface area contributed by atoms with Crippen LogP contribution >= 0.6 is 0 Å². The zero-order chi connectivity index (χ0) is 11.2. The van der Waals surface area contributed by atoms with Crippen molar-refractivity contribution in [3.8, 4) is 0 Å². The van der Waals surface area contributed by atoms with Crippen molar-refractivity contribution in [3.05, 3.63) is 30.1 Å². The fourth-order valence-corrected chi connectivity index (χ4v) is 2.11. The molecule has 1 aliphatic rings. The molecule has 1 aromatic rings. The van der Waals surface area contributed by atoms with Crippen LogP contribution in [-0.2, 0) is 0 Å². The lowest BCUT2D eigenvalue weighted by atomic mass is 10.1. The highest BCUT2D eigenvalue weighted by atomic mass is 19.1. The van der Waals surface area contributed by atoms with Crippen molar-refractivity contribution in [1.29, 1.82) is 0 Å². The maximum atomic E-state index is 13.3. The van der Waals surface area contributed by atoms with Crippen molar-refractivity contribution in [2.75, 3.05) is 18.4 Å². The van der Waals surface area contributed by atoms with Crippen LogP contribution in [0.1, 0.15) is 25.7 Å². The van der Waals surface area contributed by atoms with Gasteiger partial charge in [-0.3, -0.25) is 0 Å². The molecule has 0 bridgehead atoms. The first kappa shape index (κ1) is 11.4. The monoisotopic (exact) mass is 222 g/mol. The van der Waals surface area contributed by atoms with Crippen molar-refractivity contribution in [1.82, 2.24) is 5.32 Å². The minimum atomic E-state index is -0.170. The highest BCUT2D eigenvalue weighted by Gasteiger charge is 2.11. The number of anilines is 1. The first-order valence-corrected chi connectivity index (χ1v) is 6.08. The Bertz CT molecular complexity index is 319. The van der Waals surface area contributed by atoms with Crippen LogP contribution in [0.15, 0.2) is 24.3 Å². The van der Waals surface area contributed by atoms with Gasteiger partial charge in [-0.1, -0.05) is 25.0 Å². The summed E-state index contributed by atoms with van der Waals surface area (Å²) in [5.41, 5.74) is 0.605. The predicted molar refractivity (Wildman–Crippen MR) is 65.1 cm³/mol. The molecular formula is C13H19FN2. The lowest BCUT2D eigenvalue weighted by molar-refractivity contribution is 0.528. The van der Waals surface area contributed by atoms with Gasteiger partial charge in [0.15, 0.2) is 0 Å². The highest BCUT2D eigenvalue weighted by molar-refractivity contribution is 5.44. The molecule has 0 amide bonds. The van der Waals surface area contributed by atoms with Crippen LogP contribution in [0.5, 0.6) is 0 Å². The molecule has 2 rings (SSSR count). The summed E-state index contributed by atoms with van der Waals surface area (Å²) >= 11 is 0. The maximum absolute atomic E-state index is 13.3. The average molecular weight is 222 g/mol. The normalized spacial score (nSPS) is 21.4. The summed E-state index contributed by atoms with van der Waals surface area (Å²) in [6.07, 6.45) is 5.03. The van der Waals surface area contributed by atoms with Crippen molar-refractivity contribution >= 4 is 5.69 Å².